The lowest BCUT2D eigenvalue weighted by Crippen LogP contribution is -2.23. The van der Waals surface area contributed by atoms with Crippen LogP contribution in [0.2, 0.25) is 0 Å². The third-order valence-electron chi connectivity index (χ3n) is 4.01. The van der Waals surface area contributed by atoms with Crippen molar-refractivity contribution in [3.05, 3.63) is 64.2 Å². The molecule has 1 N–H and O–H groups in total. The first-order chi connectivity index (χ1) is 13.8. The molecule has 1 unspecified atom stereocenters. The van der Waals surface area contributed by atoms with Crippen LogP contribution < -0.4 is 5.32 Å². The quantitative estimate of drug-likeness (QED) is 0.370. The van der Waals surface area contributed by atoms with Crippen LogP contribution in [0.3, 0.4) is 0 Å². The Morgan fingerprint density at radius 2 is 1.93 bits per heavy atom. The predicted molar refractivity (Wildman–Crippen MR) is 103 cm³/mol. The Hall–Kier alpha value is -3.34. The SMILES string of the molecule is CC(Sc1nnc(-c2ccccc2F)n1C)C(=O)Nc1ccc(F)c([N+](=O)[O-])c1. The summed E-state index contributed by atoms with van der Waals surface area (Å²) in [4.78, 5) is 22.4. The molecule has 0 bridgehead atoms. The molecular formula is C18H15F2N5O3S. The van der Waals surface area contributed by atoms with Gasteiger partial charge in [0.25, 0.3) is 0 Å². The number of carbonyl (C=O) groups is 1. The van der Waals surface area contributed by atoms with Crippen molar-refractivity contribution < 1.29 is 18.5 Å². The minimum absolute atomic E-state index is 0.0977. The van der Waals surface area contributed by atoms with Crippen LogP contribution in [0.15, 0.2) is 47.6 Å². The Morgan fingerprint density at radius 1 is 1.21 bits per heavy atom. The number of nitrogens with zero attached hydrogens (tertiary/aromatic N) is 4. The van der Waals surface area contributed by atoms with E-state index in [9.17, 15) is 23.7 Å². The Labute approximate surface area is 168 Å². The van der Waals surface area contributed by atoms with Gasteiger partial charge >= 0.3 is 5.69 Å². The normalized spacial score (nSPS) is 11.9. The highest BCUT2D eigenvalue weighted by Crippen LogP contribution is 2.28. The topological polar surface area (TPSA) is 103 Å². The van der Waals surface area contributed by atoms with Gasteiger partial charge in [0.05, 0.1) is 15.7 Å². The van der Waals surface area contributed by atoms with E-state index in [0.717, 1.165) is 23.9 Å². The number of amides is 1. The minimum atomic E-state index is -0.991. The van der Waals surface area contributed by atoms with E-state index in [4.69, 9.17) is 0 Å². The van der Waals surface area contributed by atoms with E-state index < -0.39 is 33.4 Å². The molecule has 3 rings (SSSR count). The van der Waals surface area contributed by atoms with Crippen LogP contribution >= 0.6 is 11.8 Å². The zero-order valence-electron chi connectivity index (χ0n) is 15.3. The van der Waals surface area contributed by atoms with Crippen molar-refractivity contribution in [3.63, 3.8) is 0 Å². The van der Waals surface area contributed by atoms with Gasteiger partial charge in [-0.25, -0.2) is 4.39 Å². The molecule has 0 aliphatic rings. The summed E-state index contributed by atoms with van der Waals surface area (Å²) in [6.45, 7) is 1.61. The molecular weight excluding hydrogens is 404 g/mol. The van der Waals surface area contributed by atoms with E-state index >= 15 is 0 Å². The van der Waals surface area contributed by atoms with Gasteiger partial charge in [-0.3, -0.25) is 14.9 Å². The monoisotopic (exact) mass is 419 g/mol. The molecule has 2 aromatic carbocycles. The average Bonchev–Trinajstić information content (AvgIpc) is 3.03. The Kier molecular flexibility index (Phi) is 5.87. The van der Waals surface area contributed by atoms with Crippen molar-refractivity contribution in [3.8, 4) is 11.4 Å². The lowest BCUT2D eigenvalue weighted by molar-refractivity contribution is -0.387. The number of carbonyl (C=O) groups excluding carboxylic acids is 1. The molecule has 1 atom stereocenters. The van der Waals surface area contributed by atoms with Crippen molar-refractivity contribution in [2.45, 2.75) is 17.3 Å². The zero-order valence-corrected chi connectivity index (χ0v) is 16.1. The van der Waals surface area contributed by atoms with Crippen LogP contribution in [0.25, 0.3) is 11.4 Å². The van der Waals surface area contributed by atoms with Gasteiger partial charge in [-0.05, 0) is 31.2 Å². The number of hydrogen-bond acceptors (Lipinski definition) is 6. The van der Waals surface area contributed by atoms with E-state index in [0.29, 0.717) is 11.0 Å². The summed E-state index contributed by atoms with van der Waals surface area (Å²) >= 11 is 1.08. The molecule has 8 nitrogen and oxygen atoms in total. The molecule has 1 amide bonds. The van der Waals surface area contributed by atoms with Gasteiger partial charge in [-0.1, -0.05) is 23.9 Å². The highest BCUT2D eigenvalue weighted by molar-refractivity contribution is 8.00. The number of thioether (sulfide) groups is 1. The molecule has 11 heteroatoms. The molecule has 1 aromatic heterocycles. The molecule has 0 spiro atoms. The summed E-state index contributed by atoms with van der Waals surface area (Å²) < 4.78 is 29.0. The van der Waals surface area contributed by atoms with E-state index in [1.54, 1.807) is 36.7 Å². The predicted octanol–water partition coefficient (Wildman–Crippen LogP) is 3.79. The summed E-state index contributed by atoms with van der Waals surface area (Å²) in [6.07, 6.45) is 0. The van der Waals surface area contributed by atoms with Crippen LogP contribution in [0.1, 0.15) is 6.92 Å². The molecule has 150 valence electrons. The molecule has 0 aliphatic carbocycles. The third kappa shape index (κ3) is 4.40. The summed E-state index contributed by atoms with van der Waals surface area (Å²) in [5, 5.41) is 21.0. The number of halogens is 2. The molecule has 0 saturated carbocycles. The average molecular weight is 419 g/mol. The van der Waals surface area contributed by atoms with Crippen LogP contribution in [-0.4, -0.2) is 30.8 Å². The third-order valence-corrected chi connectivity index (χ3v) is 5.15. The maximum Gasteiger partial charge on any atom is 0.306 e. The highest BCUT2D eigenvalue weighted by Gasteiger charge is 2.22. The largest absolute Gasteiger partial charge is 0.325 e. The first-order valence-electron chi connectivity index (χ1n) is 8.33. The van der Waals surface area contributed by atoms with Crippen molar-refractivity contribution >= 4 is 29.0 Å². The maximum atomic E-state index is 14.0. The summed E-state index contributed by atoms with van der Waals surface area (Å²) in [7, 11) is 1.65. The zero-order chi connectivity index (χ0) is 21.1. The molecule has 1 heterocycles. The second kappa shape index (κ2) is 8.35. The van der Waals surface area contributed by atoms with Gasteiger partial charge in [-0.2, -0.15) is 4.39 Å². The lowest BCUT2D eigenvalue weighted by atomic mass is 10.2. The number of nitro benzene ring substituents is 1. The van der Waals surface area contributed by atoms with Crippen molar-refractivity contribution in [2.75, 3.05) is 5.32 Å². The molecule has 0 aliphatic heterocycles. The molecule has 0 radical (unpaired) electrons. The number of nitro groups is 1. The fourth-order valence-electron chi connectivity index (χ4n) is 2.48. The van der Waals surface area contributed by atoms with Crippen molar-refractivity contribution in [1.29, 1.82) is 0 Å². The maximum absolute atomic E-state index is 14.0. The fourth-order valence-corrected chi connectivity index (χ4v) is 3.30. The molecule has 3 aromatic rings. The number of hydrogen-bond donors (Lipinski definition) is 1. The van der Waals surface area contributed by atoms with E-state index in [1.807, 2.05) is 0 Å². The molecule has 0 saturated heterocycles. The van der Waals surface area contributed by atoms with Gasteiger partial charge in [0, 0.05) is 18.8 Å². The molecule has 29 heavy (non-hydrogen) atoms. The fraction of sp³-hybridized carbons (Fsp3) is 0.167. The van der Waals surface area contributed by atoms with Gasteiger partial charge in [0.15, 0.2) is 11.0 Å². The first-order valence-corrected chi connectivity index (χ1v) is 9.21. The van der Waals surface area contributed by atoms with Crippen LogP contribution in [0.5, 0.6) is 0 Å². The number of anilines is 1. The summed E-state index contributed by atoms with van der Waals surface area (Å²) in [5.41, 5.74) is -0.350. The van der Waals surface area contributed by atoms with Crippen LogP contribution in [0, 0.1) is 21.7 Å². The van der Waals surface area contributed by atoms with Gasteiger partial charge < -0.3 is 9.88 Å². The number of nitrogens with one attached hydrogen (secondary N) is 1. The second-order valence-electron chi connectivity index (χ2n) is 6.02. The Bertz CT molecular complexity index is 1090. The second-order valence-corrected chi connectivity index (χ2v) is 7.33. The van der Waals surface area contributed by atoms with Gasteiger partial charge in [-0.15, -0.1) is 10.2 Å². The Morgan fingerprint density at radius 3 is 2.62 bits per heavy atom. The van der Waals surface area contributed by atoms with Crippen LogP contribution in [-0.2, 0) is 11.8 Å². The highest BCUT2D eigenvalue weighted by atomic mass is 32.2. The lowest BCUT2D eigenvalue weighted by Gasteiger charge is -2.12. The standard InChI is InChI=1S/C18H15F2N5O3S/c1-10(17(26)21-11-7-8-14(20)15(9-11)25(27)28)29-18-23-22-16(24(18)2)12-5-3-4-6-13(12)19/h3-10H,1-2H3,(H,21,26). The van der Waals surface area contributed by atoms with E-state index in [1.165, 1.54) is 12.1 Å². The van der Waals surface area contributed by atoms with Crippen LogP contribution in [0.4, 0.5) is 20.2 Å². The van der Waals surface area contributed by atoms with E-state index in [-0.39, 0.29) is 11.3 Å². The van der Waals surface area contributed by atoms with E-state index in [2.05, 4.69) is 15.5 Å². The smallest absolute Gasteiger partial charge is 0.306 e. The number of rotatable bonds is 6. The Balaban J connectivity index is 1.73. The first kappa shape index (κ1) is 20.4. The number of aromatic nitrogens is 3. The van der Waals surface area contributed by atoms with Gasteiger partial charge in [0.2, 0.25) is 11.7 Å². The number of benzene rings is 2. The molecule has 0 fully saturated rings. The van der Waals surface area contributed by atoms with Crippen molar-refractivity contribution in [2.24, 2.45) is 7.05 Å². The minimum Gasteiger partial charge on any atom is -0.325 e. The van der Waals surface area contributed by atoms with Crippen molar-refractivity contribution in [1.82, 2.24) is 14.8 Å². The summed E-state index contributed by atoms with van der Waals surface area (Å²) in [5.74, 6) is -1.59. The van der Waals surface area contributed by atoms with Gasteiger partial charge in [0.1, 0.15) is 5.82 Å². The summed E-state index contributed by atoms with van der Waals surface area (Å²) in [6, 6.07) is 9.23.